The zero-order valence-corrected chi connectivity index (χ0v) is 14.8. The van der Waals surface area contributed by atoms with Crippen molar-refractivity contribution >= 4 is 11.7 Å². The van der Waals surface area contributed by atoms with Gasteiger partial charge in [-0.2, -0.15) is 4.98 Å². The summed E-state index contributed by atoms with van der Waals surface area (Å²) < 4.78 is 1.50. The average molecular weight is 337 g/mol. The Kier molecular flexibility index (Phi) is 5.07. The molecular formula is C19H23N5O. The lowest BCUT2D eigenvalue weighted by molar-refractivity contribution is 0.0925. The number of hydrogen-bond donors (Lipinski definition) is 1. The minimum atomic E-state index is -0.289. The molecule has 0 saturated heterocycles. The number of aromatic nitrogens is 4. The number of carbonyl (C=O) groups excluding carboxylic acids is 1. The lowest BCUT2D eigenvalue weighted by Gasteiger charge is -2.18. The van der Waals surface area contributed by atoms with Gasteiger partial charge in [-0.15, -0.1) is 5.10 Å². The maximum Gasteiger partial charge on any atom is 0.291 e. The highest BCUT2D eigenvalue weighted by atomic mass is 16.2. The number of nitrogens with one attached hydrogen (secondary N) is 1. The predicted octanol–water partition coefficient (Wildman–Crippen LogP) is 3.52. The van der Waals surface area contributed by atoms with Crippen LogP contribution in [0.15, 0.2) is 42.7 Å². The van der Waals surface area contributed by atoms with Crippen LogP contribution in [0.2, 0.25) is 0 Å². The van der Waals surface area contributed by atoms with E-state index >= 15 is 0 Å². The summed E-state index contributed by atoms with van der Waals surface area (Å²) in [6, 6.07) is 10.1. The molecule has 6 nitrogen and oxygen atoms in total. The van der Waals surface area contributed by atoms with Crippen molar-refractivity contribution in [1.82, 2.24) is 24.9 Å². The van der Waals surface area contributed by atoms with Gasteiger partial charge in [0.1, 0.15) is 0 Å². The molecule has 6 heteroatoms. The van der Waals surface area contributed by atoms with Crippen molar-refractivity contribution in [3.05, 3.63) is 59.7 Å². The Bertz CT molecular complexity index is 823. The summed E-state index contributed by atoms with van der Waals surface area (Å²) in [4.78, 5) is 20.8. The molecule has 0 fully saturated rings. The van der Waals surface area contributed by atoms with Crippen molar-refractivity contribution in [2.75, 3.05) is 0 Å². The first-order valence-corrected chi connectivity index (χ1v) is 8.70. The average Bonchev–Trinajstić information content (AvgIpc) is 3.10. The first-order chi connectivity index (χ1) is 12.1. The summed E-state index contributed by atoms with van der Waals surface area (Å²) in [7, 11) is 0. The van der Waals surface area contributed by atoms with Crippen molar-refractivity contribution in [2.45, 2.75) is 45.6 Å². The van der Waals surface area contributed by atoms with E-state index in [-0.39, 0.29) is 17.8 Å². The molecule has 3 rings (SSSR count). The number of fused-ring (bicyclic) bond motifs is 1. The third-order valence-electron chi connectivity index (χ3n) is 4.55. The minimum absolute atomic E-state index is 0.0712. The summed E-state index contributed by atoms with van der Waals surface area (Å²) >= 11 is 0. The Labute approximate surface area is 147 Å². The summed E-state index contributed by atoms with van der Waals surface area (Å²) in [6.45, 7) is 6.45. The minimum Gasteiger partial charge on any atom is -0.342 e. The molecule has 2 heterocycles. The third kappa shape index (κ3) is 3.68. The Balaban J connectivity index is 1.75. The van der Waals surface area contributed by atoms with Gasteiger partial charge >= 0.3 is 0 Å². The number of hydrogen-bond acceptors (Lipinski definition) is 4. The lowest BCUT2D eigenvalue weighted by Crippen LogP contribution is -2.29. The van der Waals surface area contributed by atoms with Crippen LogP contribution in [0.4, 0.5) is 0 Å². The maximum atomic E-state index is 12.5. The van der Waals surface area contributed by atoms with Gasteiger partial charge in [0, 0.05) is 12.4 Å². The summed E-state index contributed by atoms with van der Waals surface area (Å²) in [5.74, 6) is 0.800. The van der Waals surface area contributed by atoms with Crippen molar-refractivity contribution in [2.24, 2.45) is 0 Å². The summed E-state index contributed by atoms with van der Waals surface area (Å²) in [5.41, 5.74) is 2.41. The monoisotopic (exact) mass is 337 g/mol. The van der Waals surface area contributed by atoms with Gasteiger partial charge in [0.2, 0.25) is 5.82 Å². The van der Waals surface area contributed by atoms with Gasteiger partial charge in [-0.3, -0.25) is 4.79 Å². The van der Waals surface area contributed by atoms with E-state index in [4.69, 9.17) is 0 Å². The van der Waals surface area contributed by atoms with E-state index in [1.807, 2.05) is 6.92 Å². The highest BCUT2D eigenvalue weighted by Crippen LogP contribution is 2.23. The quantitative estimate of drug-likeness (QED) is 0.747. The molecule has 0 bridgehead atoms. The second kappa shape index (κ2) is 7.42. The predicted molar refractivity (Wildman–Crippen MR) is 96.4 cm³/mol. The van der Waals surface area contributed by atoms with Crippen molar-refractivity contribution in [1.29, 1.82) is 0 Å². The van der Waals surface area contributed by atoms with Gasteiger partial charge < -0.3 is 5.32 Å². The van der Waals surface area contributed by atoms with Crippen LogP contribution in [0.5, 0.6) is 0 Å². The Morgan fingerprint density at radius 2 is 1.88 bits per heavy atom. The molecule has 130 valence electrons. The summed E-state index contributed by atoms with van der Waals surface area (Å²) in [5, 5.41) is 7.19. The van der Waals surface area contributed by atoms with Crippen LogP contribution in [0, 0.1) is 0 Å². The van der Waals surface area contributed by atoms with E-state index in [1.165, 1.54) is 10.1 Å². The van der Waals surface area contributed by atoms with Crippen LogP contribution < -0.4 is 5.32 Å². The fourth-order valence-corrected chi connectivity index (χ4v) is 2.77. The van der Waals surface area contributed by atoms with Crippen molar-refractivity contribution < 1.29 is 4.79 Å². The topological polar surface area (TPSA) is 72.2 Å². The molecule has 1 amide bonds. The highest BCUT2D eigenvalue weighted by molar-refractivity contribution is 5.91. The van der Waals surface area contributed by atoms with Crippen LogP contribution in [0.1, 0.15) is 67.3 Å². The number of carbonyl (C=O) groups is 1. The number of benzene rings is 1. The second-order valence-corrected chi connectivity index (χ2v) is 6.21. The smallest absolute Gasteiger partial charge is 0.291 e. The number of rotatable bonds is 6. The standard InChI is InChI=1S/C19H23N5O/c1-4-13(3)14-7-9-15(10-8-14)16(5-2)21-18(25)17-22-19-20-11-6-12-24(19)23-17/h6-13,16H,4-5H2,1-3H3,(H,21,25)/t13-,16-/m0/s1. The van der Waals surface area contributed by atoms with Gasteiger partial charge in [-0.25, -0.2) is 9.50 Å². The lowest BCUT2D eigenvalue weighted by atomic mass is 9.95. The SMILES string of the molecule is CC[C@H](NC(=O)c1nc2ncccn2n1)c1ccc([C@@H](C)CC)cc1. The van der Waals surface area contributed by atoms with Gasteiger partial charge in [0.15, 0.2) is 0 Å². The van der Waals surface area contributed by atoms with Crippen LogP contribution in [-0.4, -0.2) is 25.5 Å². The molecular weight excluding hydrogens is 314 g/mol. The molecule has 25 heavy (non-hydrogen) atoms. The first kappa shape index (κ1) is 17.1. The molecule has 0 aliphatic carbocycles. The van der Waals surface area contributed by atoms with E-state index < -0.39 is 0 Å². The van der Waals surface area contributed by atoms with Crippen molar-refractivity contribution in [3.63, 3.8) is 0 Å². The van der Waals surface area contributed by atoms with Gasteiger partial charge in [0.25, 0.3) is 11.7 Å². The summed E-state index contributed by atoms with van der Waals surface area (Å²) in [6.07, 6.45) is 5.25. The van der Waals surface area contributed by atoms with E-state index in [2.05, 4.69) is 58.5 Å². The third-order valence-corrected chi connectivity index (χ3v) is 4.55. The molecule has 0 spiro atoms. The first-order valence-electron chi connectivity index (χ1n) is 8.70. The second-order valence-electron chi connectivity index (χ2n) is 6.21. The number of amides is 1. The normalized spacial score (nSPS) is 13.6. The largest absolute Gasteiger partial charge is 0.342 e. The molecule has 2 atom stereocenters. The van der Waals surface area contributed by atoms with Crippen LogP contribution in [0.3, 0.4) is 0 Å². The molecule has 2 aromatic heterocycles. The van der Waals surface area contributed by atoms with E-state index in [9.17, 15) is 4.79 Å². The molecule has 0 radical (unpaired) electrons. The van der Waals surface area contributed by atoms with Crippen LogP contribution in [0.25, 0.3) is 5.78 Å². The van der Waals surface area contributed by atoms with Gasteiger partial charge in [0.05, 0.1) is 6.04 Å². The van der Waals surface area contributed by atoms with Crippen LogP contribution in [-0.2, 0) is 0 Å². The molecule has 3 aromatic rings. The highest BCUT2D eigenvalue weighted by Gasteiger charge is 2.18. The van der Waals surface area contributed by atoms with Crippen LogP contribution >= 0.6 is 0 Å². The molecule has 0 unspecified atom stereocenters. The van der Waals surface area contributed by atoms with Crippen molar-refractivity contribution in [3.8, 4) is 0 Å². The molecule has 1 N–H and O–H groups in total. The molecule has 0 saturated carbocycles. The fraction of sp³-hybridized carbons (Fsp3) is 0.368. The zero-order chi connectivity index (χ0) is 17.8. The Morgan fingerprint density at radius 1 is 1.16 bits per heavy atom. The molecule has 0 aliphatic rings. The van der Waals surface area contributed by atoms with Gasteiger partial charge in [-0.05, 0) is 36.0 Å². The molecule has 0 aliphatic heterocycles. The van der Waals surface area contributed by atoms with E-state index in [0.717, 1.165) is 18.4 Å². The van der Waals surface area contributed by atoms with E-state index in [1.54, 1.807) is 18.5 Å². The van der Waals surface area contributed by atoms with Gasteiger partial charge in [-0.1, -0.05) is 45.0 Å². The maximum absolute atomic E-state index is 12.5. The number of nitrogens with zero attached hydrogens (tertiary/aromatic N) is 4. The fourth-order valence-electron chi connectivity index (χ4n) is 2.77. The Morgan fingerprint density at radius 3 is 2.52 bits per heavy atom. The zero-order valence-electron chi connectivity index (χ0n) is 14.8. The Hall–Kier alpha value is -2.76. The molecule has 1 aromatic carbocycles. The van der Waals surface area contributed by atoms with E-state index in [0.29, 0.717) is 11.7 Å².